The Morgan fingerprint density at radius 3 is 2.70 bits per heavy atom. The maximum Gasteiger partial charge on any atom is 0.238 e. The summed E-state index contributed by atoms with van der Waals surface area (Å²) in [6.45, 7) is 4.60. The molecule has 0 aliphatic carbocycles. The molecular weight excluding hydrogens is 368 g/mol. The molecule has 1 saturated heterocycles. The van der Waals surface area contributed by atoms with Crippen molar-refractivity contribution in [2.45, 2.75) is 17.7 Å². The van der Waals surface area contributed by atoms with E-state index in [0.717, 1.165) is 44.1 Å². The van der Waals surface area contributed by atoms with E-state index in [1.54, 1.807) is 26.3 Å². The third-order valence-electron chi connectivity index (χ3n) is 4.53. The smallest absolute Gasteiger partial charge is 0.238 e. The molecule has 2 rings (SSSR count). The summed E-state index contributed by atoms with van der Waals surface area (Å²) in [6, 6.07) is 6.64. The molecule has 1 heterocycles. The first-order valence-electron chi connectivity index (χ1n) is 9.08. The van der Waals surface area contributed by atoms with E-state index in [1.165, 1.54) is 12.1 Å². The predicted octanol–water partition coefficient (Wildman–Crippen LogP) is 0.437. The van der Waals surface area contributed by atoms with E-state index >= 15 is 0 Å². The van der Waals surface area contributed by atoms with Crippen molar-refractivity contribution < 1.29 is 17.9 Å². The van der Waals surface area contributed by atoms with Gasteiger partial charge in [0, 0.05) is 39.7 Å². The largest absolute Gasteiger partial charge is 0.382 e. The Hall–Kier alpha value is -1.68. The van der Waals surface area contributed by atoms with Gasteiger partial charge in [0.2, 0.25) is 10.0 Å². The molecule has 1 atom stereocenters. The van der Waals surface area contributed by atoms with Gasteiger partial charge in [-0.2, -0.15) is 0 Å². The fourth-order valence-corrected chi connectivity index (χ4v) is 3.57. The number of guanidine groups is 1. The molecule has 1 aromatic rings. The topological polar surface area (TPSA) is 106 Å². The van der Waals surface area contributed by atoms with Gasteiger partial charge >= 0.3 is 0 Å². The number of rotatable bonds is 9. The molecule has 152 valence electrons. The molecule has 0 radical (unpaired) electrons. The van der Waals surface area contributed by atoms with E-state index in [9.17, 15) is 8.42 Å². The molecular formula is C18H30N4O4S. The van der Waals surface area contributed by atoms with Gasteiger partial charge in [0.25, 0.3) is 0 Å². The van der Waals surface area contributed by atoms with Crippen LogP contribution in [0.1, 0.15) is 12.0 Å². The van der Waals surface area contributed by atoms with E-state index in [2.05, 4.69) is 15.2 Å². The molecule has 1 unspecified atom stereocenters. The summed E-state index contributed by atoms with van der Waals surface area (Å²) in [5, 5.41) is 8.49. The molecule has 0 spiro atoms. The number of methoxy groups -OCH3 is 1. The Kier molecular flexibility index (Phi) is 8.49. The monoisotopic (exact) mass is 398 g/mol. The van der Waals surface area contributed by atoms with Gasteiger partial charge in [0.15, 0.2) is 5.96 Å². The lowest BCUT2D eigenvalue weighted by Crippen LogP contribution is -2.41. The minimum Gasteiger partial charge on any atom is -0.382 e. The van der Waals surface area contributed by atoms with Crippen molar-refractivity contribution in [2.75, 3.05) is 53.6 Å². The number of benzene rings is 1. The molecule has 1 aliphatic heterocycles. The summed E-state index contributed by atoms with van der Waals surface area (Å²) in [6.07, 6.45) is 1.85. The molecule has 8 nitrogen and oxygen atoms in total. The van der Waals surface area contributed by atoms with Crippen LogP contribution in [-0.2, 0) is 25.9 Å². The highest BCUT2D eigenvalue weighted by Crippen LogP contribution is 2.16. The van der Waals surface area contributed by atoms with E-state index < -0.39 is 10.0 Å². The first-order chi connectivity index (χ1) is 12.9. The van der Waals surface area contributed by atoms with Crippen molar-refractivity contribution in [3.63, 3.8) is 0 Å². The number of primary sulfonamides is 1. The van der Waals surface area contributed by atoms with Crippen LogP contribution in [-0.4, -0.2) is 72.9 Å². The Morgan fingerprint density at radius 2 is 2.07 bits per heavy atom. The Labute approximate surface area is 161 Å². The van der Waals surface area contributed by atoms with Crippen LogP contribution in [0.4, 0.5) is 0 Å². The van der Waals surface area contributed by atoms with Gasteiger partial charge in [0.1, 0.15) is 0 Å². The predicted molar refractivity (Wildman–Crippen MR) is 105 cm³/mol. The summed E-state index contributed by atoms with van der Waals surface area (Å²) < 4.78 is 33.2. The second kappa shape index (κ2) is 10.6. The Morgan fingerprint density at radius 1 is 1.33 bits per heavy atom. The molecule has 3 N–H and O–H groups in total. The third kappa shape index (κ3) is 7.10. The van der Waals surface area contributed by atoms with Crippen LogP contribution in [0.3, 0.4) is 0 Å². The average molecular weight is 399 g/mol. The maximum atomic E-state index is 11.3. The fourth-order valence-electron chi connectivity index (χ4n) is 3.05. The summed E-state index contributed by atoms with van der Waals surface area (Å²) >= 11 is 0. The molecule has 1 aliphatic rings. The summed E-state index contributed by atoms with van der Waals surface area (Å²) in [7, 11) is -0.188. The number of nitrogens with two attached hydrogens (primary N) is 1. The van der Waals surface area contributed by atoms with Crippen molar-refractivity contribution in [3.8, 4) is 0 Å². The van der Waals surface area contributed by atoms with Gasteiger partial charge in [-0.05, 0) is 30.5 Å². The van der Waals surface area contributed by atoms with E-state index in [0.29, 0.717) is 25.7 Å². The van der Waals surface area contributed by atoms with Crippen molar-refractivity contribution in [3.05, 3.63) is 29.8 Å². The zero-order valence-electron chi connectivity index (χ0n) is 16.1. The molecule has 1 fully saturated rings. The standard InChI is InChI=1S/C18H30N4O4S/c1-20-18(22-10-8-16(13-22)14-26-12-11-25-2)21-9-7-15-3-5-17(6-4-15)27(19,23)24/h3-6,16H,7-14H2,1-2H3,(H,20,21)(H2,19,23,24). The number of hydrogen-bond acceptors (Lipinski definition) is 5. The van der Waals surface area contributed by atoms with Gasteiger partial charge < -0.3 is 19.7 Å². The third-order valence-corrected chi connectivity index (χ3v) is 5.46. The second-order valence-electron chi connectivity index (χ2n) is 6.58. The van der Waals surface area contributed by atoms with Crippen molar-refractivity contribution in [1.29, 1.82) is 0 Å². The number of nitrogens with zero attached hydrogens (tertiary/aromatic N) is 2. The number of nitrogens with one attached hydrogen (secondary N) is 1. The highest BCUT2D eigenvalue weighted by molar-refractivity contribution is 7.89. The van der Waals surface area contributed by atoms with E-state index in [-0.39, 0.29) is 4.90 Å². The lowest BCUT2D eigenvalue weighted by Gasteiger charge is -2.21. The molecule has 0 aromatic heterocycles. The van der Waals surface area contributed by atoms with E-state index in [1.807, 2.05) is 0 Å². The lowest BCUT2D eigenvalue weighted by molar-refractivity contribution is 0.0536. The zero-order chi connectivity index (χ0) is 19.7. The van der Waals surface area contributed by atoms with Crippen LogP contribution in [0.2, 0.25) is 0 Å². The second-order valence-corrected chi connectivity index (χ2v) is 8.14. The molecule has 0 saturated carbocycles. The molecule has 27 heavy (non-hydrogen) atoms. The molecule has 0 bridgehead atoms. The van der Waals surface area contributed by atoms with Crippen LogP contribution < -0.4 is 10.5 Å². The van der Waals surface area contributed by atoms with Gasteiger partial charge in [-0.1, -0.05) is 12.1 Å². The maximum absolute atomic E-state index is 11.3. The molecule has 1 aromatic carbocycles. The van der Waals surface area contributed by atoms with Crippen LogP contribution in [0.15, 0.2) is 34.2 Å². The van der Waals surface area contributed by atoms with Crippen LogP contribution >= 0.6 is 0 Å². The highest BCUT2D eigenvalue weighted by Gasteiger charge is 2.24. The minimum atomic E-state index is -3.64. The van der Waals surface area contributed by atoms with Gasteiger partial charge in [0.05, 0.1) is 24.7 Å². The van der Waals surface area contributed by atoms with Crippen molar-refractivity contribution in [1.82, 2.24) is 10.2 Å². The van der Waals surface area contributed by atoms with Gasteiger partial charge in [-0.25, -0.2) is 13.6 Å². The van der Waals surface area contributed by atoms with Gasteiger partial charge in [-0.15, -0.1) is 0 Å². The number of aliphatic imine (C=N–C) groups is 1. The van der Waals surface area contributed by atoms with Crippen LogP contribution in [0, 0.1) is 5.92 Å². The summed E-state index contributed by atoms with van der Waals surface area (Å²) in [5.74, 6) is 1.39. The number of sulfonamides is 1. The van der Waals surface area contributed by atoms with Gasteiger partial charge in [-0.3, -0.25) is 4.99 Å². The van der Waals surface area contributed by atoms with Crippen molar-refractivity contribution in [2.24, 2.45) is 16.0 Å². The van der Waals surface area contributed by atoms with Crippen LogP contribution in [0.5, 0.6) is 0 Å². The highest BCUT2D eigenvalue weighted by atomic mass is 32.2. The van der Waals surface area contributed by atoms with E-state index in [4.69, 9.17) is 14.6 Å². The molecule has 9 heteroatoms. The summed E-state index contributed by atoms with van der Waals surface area (Å²) in [5.41, 5.74) is 1.04. The van der Waals surface area contributed by atoms with Crippen LogP contribution in [0.25, 0.3) is 0 Å². The number of ether oxygens (including phenoxy) is 2. The SMILES string of the molecule is CN=C(NCCc1ccc(S(N)(=O)=O)cc1)N1CCC(COCCOC)C1. The minimum absolute atomic E-state index is 0.130. The normalized spacial score (nSPS) is 18.1. The Bertz CT molecular complexity index is 707. The first kappa shape index (κ1) is 21.6. The fraction of sp³-hybridized carbons (Fsp3) is 0.611. The van der Waals surface area contributed by atoms with Crippen molar-refractivity contribution >= 4 is 16.0 Å². The molecule has 0 amide bonds. The summed E-state index contributed by atoms with van der Waals surface area (Å²) in [4.78, 5) is 6.74. The number of hydrogen-bond donors (Lipinski definition) is 2. The Balaban J connectivity index is 1.74. The zero-order valence-corrected chi connectivity index (χ0v) is 16.9. The first-order valence-corrected chi connectivity index (χ1v) is 10.6. The number of likely N-dealkylation sites (tertiary alicyclic amines) is 1. The quantitative estimate of drug-likeness (QED) is 0.355. The lowest BCUT2D eigenvalue weighted by atomic mass is 10.1. The average Bonchev–Trinajstić information content (AvgIpc) is 3.11.